The molecule has 6 aliphatic rings. The number of nitrogen functional groups attached to an aromatic ring is 1. The molecule has 4 saturated heterocycles. The monoisotopic (exact) mass is 642 g/mol. The number of dihydropyridines is 1. The summed E-state index contributed by atoms with van der Waals surface area (Å²) in [6.07, 6.45) is -4.46. The zero-order valence-electron chi connectivity index (χ0n) is 23.9. The topological polar surface area (TPSA) is 108 Å². The molecule has 6 atom stereocenters. The molecular formula is C29H32ClF5N6O3. The predicted octanol–water partition coefficient (Wildman–Crippen LogP) is 4.47. The lowest BCUT2D eigenvalue weighted by atomic mass is 9.89. The maximum Gasteiger partial charge on any atom is 0.418 e. The van der Waals surface area contributed by atoms with Crippen molar-refractivity contribution in [1.82, 2.24) is 9.80 Å². The summed E-state index contributed by atoms with van der Waals surface area (Å²) in [6, 6.07) is 1.30. The van der Waals surface area contributed by atoms with Crippen molar-refractivity contribution in [3.05, 3.63) is 39.8 Å². The van der Waals surface area contributed by atoms with Crippen molar-refractivity contribution in [2.45, 2.75) is 74.8 Å². The predicted molar refractivity (Wildman–Crippen MR) is 153 cm³/mol. The highest BCUT2D eigenvalue weighted by Gasteiger charge is 2.53. The molecule has 0 radical (unpaired) electrons. The number of alkyl halides is 4. The van der Waals surface area contributed by atoms with Crippen molar-refractivity contribution in [2.75, 3.05) is 38.6 Å². The zero-order chi connectivity index (χ0) is 31.2. The molecule has 4 unspecified atom stereocenters. The van der Waals surface area contributed by atoms with E-state index in [9.17, 15) is 22.7 Å². The van der Waals surface area contributed by atoms with Gasteiger partial charge in [0.2, 0.25) is 0 Å². The quantitative estimate of drug-likeness (QED) is 0.372. The molecule has 238 valence electrons. The first-order valence-electron chi connectivity index (χ1n) is 14.7. The summed E-state index contributed by atoms with van der Waals surface area (Å²) in [7, 11) is 0. The van der Waals surface area contributed by atoms with Gasteiger partial charge in [-0.15, -0.1) is 0 Å². The molecule has 0 saturated carbocycles. The Hall–Kier alpha value is -2.81. The average molecular weight is 643 g/mol. The van der Waals surface area contributed by atoms with E-state index in [2.05, 4.69) is 19.9 Å². The number of allylic oxidation sites excluding steroid dienone is 1. The van der Waals surface area contributed by atoms with Gasteiger partial charge in [0.1, 0.15) is 30.2 Å². The van der Waals surface area contributed by atoms with E-state index in [1.165, 1.54) is 0 Å². The molecule has 1 aromatic rings. The number of ether oxygens (including phenoxy) is 2. The van der Waals surface area contributed by atoms with E-state index in [0.29, 0.717) is 31.8 Å². The number of rotatable bonds is 3. The Balaban J connectivity index is 1.34. The fourth-order valence-corrected chi connectivity index (χ4v) is 8.08. The highest BCUT2D eigenvalue weighted by molar-refractivity contribution is 6.32. The summed E-state index contributed by atoms with van der Waals surface area (Å²) >= 11 is 5.99. The Morgan fingerprint density at radius 1 is 1.23 bits per heavy atom. The number of nitrogens with two attached hydrogens (primary N) is 1. The van der Waals surface area contributed by atoms with Crippen molar-refractivity contribution in [3.8, 4) is 0 Å². The molecule has 0 aromatic heterocycles. The van der Waals surface area contributed by atoms with Crippen LogP contribution in [-0.2, 0) is 15.7 Å². The number of benzene rings is 1. The van der Waals surface area contributed by atoms with Gasteiger partial charge < -0.3 is 25.2 Å². The zero-order valence-corrected chi connectivity index (χ0v) is 24.6. The third-order valence-corrected chi connectivity index (χ3v) is 10.1. The second-order valence-electron chi connectivity index (χ2n) is 12.7. The Morgan fingerprint density at radius 2 is 2.02 bits per heavy atom. The highest BCUT2D eigenvalue weighted by Crippen LogP contribution is 2.45. The molecule has 0 bridgehead atoms. The van der Waals surface area contributed by atoms with Crippen molar-refractivity contribution < 1.29 is 36.5 Å². The second-order valence-corrected chi connectivity index (χ2v) is 13.1. The summed E-state index contributed by atoms with van der Waals surface area (Å²) in [5.74, 6) is -1.84. The lowest BCUT2D eigenvalue weighted by molar-refractivity contribution is -0.137. The van der Waals surface area contributed by atoms with E-state index >= 15 is 4.39 Å². The smallest absolute Gasteiger partial charge is 0.418 e. The van der Waals surface area contributed by atoms with Gasteiger partial charge >= 0.3 is 12.2 Å². The van der Waals surface area contributed by atoms with Crippen molar-refractivity contribution in [1.29, 1.82) is 0 Å². The first kappa shape index (κ1) is 29.9. The largest absolute Gasteiger partial charge is 0.461 e. The Kier molecular flexibility index (Phi) is 7.03. The summed E-state index contributed by atoms with van der Waals surface area (Å²) in [6.45, 7) is 3.30. The first-order chi connectivity index (χ1) is 20.8. The summed E-state index contributed by atoms with van der Waals surface area (Å²) in [4.78, 5) is 17.4. The van der Waals surface area contributed by atoms with Crippen LogP contribution >= 0.6 is 11.6 Å². The van der Waals surface area contributed by atoms with Crippen molar-refractivity contribution in [2.24, 2.45) is 20.9 Å². The molecular weight excluding hydrogens is 611 g/mol. The van der Waals surface area contributed by atoms with Crippen LogP contribution in [0, 0.1) is 5.92 Å². The van der Waals surface area contributed by atoms with E-state index in [0.717, 1.165) is 31.5 Å². The van der Waals surface area contributed by atoms with Gasteiger partial charge in [0.05, 0.1) is 40.1 Å². The number of anilines is 1. The maximum absolute atomic E-state index is 16.6. The minimum absolute atomic E-state index is 0.0632. The Bertz CT molecular complexity index is 1510. The van der Waals surface area contributed by atoms with Crippen LogP contribution in [0.15, 0.2) is 38.6 Å². The summed E-state index contributed by atoms with van der Waals surface area (Å²) in [5.41, 5.74) is 1.29. The van der Waals surface area contributed by atoms with Crippen LogP contribution in [0.3, 0.4) is 0 Å². The minimum Gasteiger partial charge on any atom is -0.461 e. The fraction of sp³-hybridized carbons (Fsp3) is 0.621. The molecule has 3 N–H and O–H groups in total. The van der Waals surface area contributed by atoms with Crippen LogP contribution in [0.25, 0.3) is 0 Å². The molecule has 0 spiro atoms. The number of amidine groups is 2. The number of hydrogen-bond acceptors (Lipinski definition) is 9. The molecule has 0 amide bonds. The Morgan fingerprint density at radius 3 is 2.80 bits per heavy atom. The van der Waals surface area contributed by atoms with E-state index in [1.807, 2.05) is 4.90 Å². The van der Waals surface area contributed by atoms with E-state index in [1.54, 1.807) is 6.92 Å². The number of halogens is 6. The van der Waals surface area contributed by atoms with Gasteiger partial charge in [0.25, 0.3) is 0 Å². The van der Waals surface area contributed by atoms with Crippen LogP contribution in [0.1, 0.15) is 50.2 Å². The number of hydrogen-bond donors (Lipinski definition) is 2. The lowest BCUT2D eigenvalue weighted by Crippen LogP contribution is -2.54. The first-order valence-corrected chi connectivity index (χ1v) is 15.1. The van der Waals surface area contributed by atoms with Gasteiger partial charge in [-0.2, -0.15) is 23.2 Å². The van der Waals surface area contributed by atoms with E-state index in [-0.39, 0.29) is 37.0 Å². The standard InChI is InChI=1S/C29H32ClF5N6O3/c1-27(42)5-7-41-18(27)3-8-43-25-19-23(21(32)22(37-25)16-9-15(36)10-17(30)20(16)29(33,34)35)38-26(39-24(19)41)44-13-28-4-2-6-40(28)12-14(31)11-28/h9-10,14,18-19,25,42H,2-8,11-13,36H2,1H3/t14-,18?,19?,25?,27?,28+/m1/s1. The minimum atomic E-state index is -4.95. The van der Waals surface area contributed by atoms with E-state index < -0.39 is 69.4 Å². The SMILES string of the molecule is CC1(O)CCN2C3=NC(OC[C@@]45CCCN4C[C@H](F)C5)=NC4=C(F)C(c5cc(N)cc(Cl)c5C(F)(F)F)=NC(OCCC21)C34. The maximum atomic E-state index is 16.6. The van der Waals surface area contributed by atoms with Crippen molar-refractivity contribution >= 4 is 34.9 Å². The molecule has 4 fully saturated rings. The third-order valence-electron chi connectivity index (χ3n) is 9.78. The third kappa shape index (κ3) is 4.79. The number of aliphatic imine (C=N–C) groups is 3. The summed E-state index contributed by atoms with van der Waals surface area (Å²) < 4.78 is 85.8. The van der Waals surface area contributed by atoms with Crippen LogP contribution in [0.5, 0.6) is 0 Å². The summed E-state index contributed by atoms with van der Waals surface area (Å²) in [5, 5.41) is 10.4. The molecule has 1 aromatic carbocycles. The number of nitrogens with zero attached hydrogens (tertiary/aromatic N) is 5. The molecule has 9 nitrogen and oxygen atoms in total. The fourth-order valence-electron chi connectivity index (χ4n) is 7.74. The van der Waals surface area contributed by atoms with Gasteiger partial charge in [0.15, 0.2) is 12.1 Å². The molecule has 15 heteroatoms. The van der Waals surface area contributed by atoms with Gasteiger partial charge in [-0.1, -0.05) is 11.6 Å². The Labute approximate surface area is 255 Å². The van der Waals surface area contributed by atoms with Crippen LogP contribution in [-0.4, -0.2) is 94.9 Å². The average Bonchev–Trinajstić information content (AvgIpc) is 3.54. The van der Waals surface area contributed by atoms with Crippen LogP contribution in [0.4, 0.5) is 27.6 Å². The molecule has 0 aliphatic carbocycles. The number of aliphatic hydroxyl groups is 1. The normalized spacial score (nSPS) is 35.4. The highest BCUT2D eigenvalue weighted by atomic mass is 35.5. The molecule has 44 heavy (non-hydrogen) atoms. The molecule has 7 rings (SSSR count). The van der Waals surface area contributed by atoms with Gasteiger partial charge in [-0.05, 0) is 51.3 Å². The number of fused-ring (bicyclic) bond motifs is 3. The van der Waals surface area contributed by atoms with Crippen molar-refractivity contribution in [3.63, 3.8) is 0 Å². The van der Waals surface area contributed by atoms with E-state index in [4.69, 9.17) is 26.8 Å². The molecule has 6 aliphatic heterocycles. The van der Waals surface area contributed by atoms with Crippen LogP contribution < -0.4 is 5.73 Å². The second kappa shape index (κ2) is 10.4. The van der Waals surface area contributed by atoms with Gasteiger partial charge in [0, 0.05) is 30.8 Å². The molecule has 6 heterocycles. The van der Waals surface area contributed by atoms with Gasteiger partial charge in [-0.25, -0.2) is 13.8 Å². The lowest BCUT2D eigenvalue weighted by Gasteiger charge is -2.42. The van der Waals surface area contributed by atoms with Crippen LogP contribution in [0.2, 0.25) is 5.02 Å². The van der Waals surface area contributed by atoms with Gasteiger partial charge in [-0.3, -0.25) is 4.90 Å².